The molecule has 1 aliphatic rings. The van der Waals surface area contributed by atoms with E-state index in [0.717, 1.165) is 24.9 Å². The number of rotatable bonds is 5. The number of carbonyl (C=O) groups is 2. The number of nitrogens with zero attached hydrogens (tertiary/aromatic N) is 1. The lowest BCUT2D eigenvalue weighted by Crippen LogP contribution is -2.38. The predicted octanol–water partition coefficient (Wildman–Crippen LogP) is 4.21. The van der Waals surface area contributed by atoms with E-state index in [-0.39, 0.29) is 30.3 Å². The molecule has 1 N–H and O–H groups in total. The third kappa shape index (κ3) is 4.25. The minimum absolute atomic E-state index is 0.0725. The molecule has 0 aromatic heterocycles. The summed E-state index contributed by atoms with van der Waals surface area (Å²) in [5.74, 6) is -0.199. The van der Waals surface area contributed by atoms with Gasteiger partial charge in [-0.2, -0.15) is 0 Å². The average molecular weight is 371 g/mol. The Morgan fingerprint density at radius 3 is 2.50 bits per heavy atom. The molecule has 4 nitrogen and oxygen atoms in total. The van der Waals surface area contributed by atoms with E-state index in [1.165, 1.54) is 0 Å². The fraction of sp³-hybridized carbons (Fsp3) is 0.333. The van der Waals surface area contributed by atoms with Crippen LogP contribution in [0.5, 0.6) is 0 Å². The molecule has 2 aromatic rings. The van der Waals surface area contributed by atoms with Gasteiger partial charge >= 0.3 is 0 Å². The maximum absolute atomic E-state index is 12.8. The van der Waals surface area contributed by atoms with Crippen molar-refractivity contribution in [2.24, 2.45) is 0 Å². The maximum Gasteiger partial charge on any atom is 0.253 e. The molecule has 3 rings (SSSR count). The van der Waals surface area contributed by atoms with Crippen LogP contribution in [-0.2, 0) is 4.79 Å². The first-order valence-electron chi connectivity index (χ1n) is 8.96. The smallest absolute Gasteiger partial charge is 0.253 e. The highest BCUT2D eigenvalue weighted by Gasteiger charge is 2.28. The van der Waals surface area contributed by atoms with Crippen LogP contribution in [-0.4, -0.2) is 29.3 Å². The monoisotopic (exact) mass is 370 g/mol. The van der Waals surface area contributed by atoms with E-state index >= 15 is 0 Å². The first kappa shape index (κ1) is 18.5. The van der Waals surface area contributed by atoms with Crippen molar-refractivity contribution in [1.29, 1.82) is 0 Å². The van der Waals surface area contributed by atoms with E-state index in [9.17, 15) is 9.59 Å². The number of carbonyl (C=O) groups excluding carboxylic acids is 2. The van der Waals surface area contributed by atoms with Crippen LogP contribution >= 0.6 is 11.6 Å². The van der Waals surface area contributed by atoms with Crippen molar-refractivity contribution in [1.82, 2.24) is 10.2 Å². The summed E-state index contributed by atoms with van der Waals surface area (Å²) in [6, 6.07) is 16.4. The minimum atomic E-state index is -0.389. The summed E-state index contributed by atoms with van der Waals surface area (Å²) in [7, 11) is 0. The van der Waals surface area contributed by atoms with Crippen molar-refractivity contribution in [2.75, 3.05) is 6.54 Å². The van der Waals surface area contributed by atoms with Gasteiger partial charge in [-0.3, -0.25) is 9.59 Å². The van der Waals surface area contributed by atoms with Crippen molar-refractivity contribution in [2.45, 2.75) is 38.3 Å². The Bertz CT molecular complexity index is 779. The Labute approximate surface area is 159 Å². The van der Waals surface area contributed by atoms with Gasteiger partial charge in [-0.05, 0) is 37.5 Å². The van der Waals surface area contributed by atoms with Crippen LogP contribution in [0.4, 0.5) is 0 Å². The Morgan fingerprint density at radius 2 is 1.85 bits per heavy atom. The third-order valence-electron chi connectivity index (χ3n) is 4.88. The summed E-state index contributed by atoms with van der Waals surface area (Å²) in [5.41, 5.74) is 1.32. The largest absolute Gasteiger partial charge is 0.345 e. The van der Waals surface area contributed by atoms with Crippen LogP contribution < -0.4 is 5.32 Å². The third-order valence-corrected chi connectivity index (χ3v) is 5.21. The van der Waals surface area contributed by atoms with Gasteiger partial charge in [-0.25, -0.2) is 0 Å². The van der Waals surface area contributed by atoms with E-state index < -0.39 is 0 Å². The SMILES string of the molecule is C[C@H]1CCCN1C(=O)C[C@H](NC(=O)c1ccccc1Cl)c1ccccc1. The standard InChI is InChI=1S/C21H23ClN2O2/c1-15-8-7-13-24(15)20(25)14-19(16-9-3-2-4-10-16)23-21(26)17-11-5-6-12-18(17)22/h2-6,9-12,15,19H,7-8,13-14H2,1H3,(H,23,26)/t15-,19-/m0/s1. The van der Waals surface area contributed by atoms with E-state index in [2.05, 4.69) is 12.2 Å². The van der Waals surface area contributed by atoms with E-state index in [1.807, 2.05) is 35.2 Å². The second-order valence-electron chi connectivity index (χ2n) is 6.70. The van der Waals surface area contributed by atoms with Gasteiger partial charge in [0, 0.05) is 12.6 Å². The summed E-state index contributed by atoms with van der Waals surface area (Å²) in [5, 5.41) is 3.39. The molecule has 0 radical (unpaired) electrons. The molecule has 2 amide bonds. The Morgan fingerprint density at radius 1 is 1.15 bits per heavy atom. The molecule has 1 aliphatic heterocycles. The number of hydrogen-bond donors (Lipinski definition) is 1. The molecule has 0 spiro atoms. The quantitative estimate of drug-likeness (QED) is 0.856. The van der Waals surface area contributed by atoms with Crippen molar-refractivity contribution < 1.29 is 9.59 Å². The zero-order chi connectivity index (χ0) is 18.5. The number of hydrogen-bond acceptors (Lipinski definition) is 2. The van der Waals surface area contributed by atoms with Crippen molar-refractivity contribution in [3.8, 4) is 0 Å². The van der Waals surface area contributed by atoms with Gasteiger partial charge in [-0.15, -0.1) is 0 Å². The number of nitrogens with one attached hydrogen (secondary N) is 1. The topological polar surface area (TPSA) is 49.4 Å². The fourth-order valence-corrected chi connectivity index (χ4v) is 3.64. The highest BCUT2D eigenvalue weighted by Crippen LogP contribution is 2.24. The van der Waals surface area contributed by atoms with Crippen LogP contribution in [0.1, 0.15) is 48.1 Å². The Kier molecular flexibility index (Phi) is 5.94. The highest BCUT2D eigenvalue weighted by molar-refractivity contribution is 6.33. The lowest BCUT2D eigenvalue weighted by atomic mass is 10.0. The van der Waals surface area contributed by atoms with Gasteiger partial charge in [0.1, 0.15) is 0 Å². The summed E-state index contributed by atoms with van der Waals surface area (Å²) in [6.07, 6.45) is 2.31. The van der Waals surface area contributed by atoms with Gasteiger partial charge in [0.2, 0.25) is 5.91 Å². The number of likely N-dealkylation sites (tertiary alicyclic amines) is 1. The first-order valence-corrected chi connectivity index (χ1v) is 9.34. The first-order chi connectivity index (χ1) is 12.6. The summed E-state index contributed by atoms with van der Waals surface area (Å²) in [6.45, 7) is 2.87. The maximum atomic E-state index is 12.8. The van der Waals surface area contributed by atoms with Crippen molar-refractivity contribution in [3.63, 3.8) is 0 Å². The predicted molar refractivity (Wildman–Crippen MR) is 103 cm³/mol. The second kappa shape index (κ2) is 8.37. The molecule has 1 saturated heterocycles. The second-order valence-corrected chi connectivity index (χ2v) is 7.11. The molecule has 1 heterocycles. The van der Waals surface area contributed by atoms with Crippen LogP contribution in [0.25, 0.3) is 0 Å². The van der Waals surface area contributed by atoms with E-state index in [0.29, 0.717) is 10.6 Å². The van der Waals surface area contributed by atoms with Crippen LogP contribution in [0.3, 0.4) is 0 Å². The minimum Gasteiger partial charge on any atom is -0.345 e. The van der Waals surface area contributed by atoms with Crippen molar-refractivity contribution >= 4 is 23.4 Å². The molecule has 2 aromatic carbocycles. The summed E-state index contributed by atoms with van der Waals surface area (Å²) in [4.78, 5) is 27.4. The normalized spacial score (nSPS) is 17.8. The fourth-order valence-electron chi connectivity index (χ4n) is 3.41. The van der Waals surface area contributed by atoms with Crippen LogP contribution in [0, 0.1) is 0 Å². The number of amides is 2. The molecule has 0 aliphatic carbocycles. The van der Waals surface area contributed by atoms with Gasteiger partial charge in [-0.1, -0.05) is 54.1 Å². The molecule has 0 bridgehead atoms. The lowest BCUT2D eigenvalue weighted by molar-refractivity contribution is -0.132. The van der Waals surface area contributed by atoms with Gasteiger partial charge in [0.15, 0.2) is 0 Å². The van der Waals surface area contributed by atoms with Gasteiger partial charge in [0.05, 0.1) is 23.0 Å². The molecule has 26 heavy (non-hydrogen) atoms. The Hall–Kier alpha value is -2.33. The molecule has 2 atom stereocenters. The summed E-state index contributed by atoms with van der Waals surface area (Å²) < 4.78 is 0. The number of benzene rings is 2. The number of halogens is 1. The van der Waals surface area contributed by atoms with E-state index in [4.69, 9.17) is 11.6 Å². The van der Waals surface area contributed by atoms with Crippen LogP contribution in [0.15, 0.2) is 54.6 Å². The molecule has 0 unspecified atom stereocenters. The molecular formula is C21H23ClN2O2. The zero-order valence-electron chi connectivity index (χ0n) is 14.8. The van der Waals surface area contributed by atoms with Gasteiger partial charge in [0.25, 0.3) is 5.91 Å². The lowest BCUT2D eigenvalue weighted by Gasteiger charge is -2.25. The zero-order valence-corrected chi connectivity index (χ0v) is 15.6. The van der Waals surface area contributed by atoms with Gasteiger partial charge < -0.3 is 10.2 Å². The van der Waals surface area contributed by atoms with Crippen molar-refractivity contribution in [3.05, 3.63) is 70.7 Å². The van der Waals surface area contributed by atoms with E-state index in [1.54, 1.807) is 24.3 Å². The average Bonchev–Trinajstić information content (AvgIpc) is 3.08. The molecule has 5 heteroatoms. The molecular weight excluding hydrogens is 348 g/mol. The Balaban J connectivity index is 1.79. The van der Waals surface area contributed by atoms with Crippen LogP contribution in [0.2, 0.25) is 5.02 Å². The molecule has 1 fully saturated rings. The molecule has 0 saturated carbocycles. The molecule has 136 valence electrons. The highest BCUT2D eigenvalue weighted by atomic mass is 35.5. The summed E-state index contributed by atoms with van der Waals surface area (Å²) >= 11 is 6.14.